The molecular formula is C14H14N2O6. The van der Waals surface area contributed by atoms with Crippen LogP contribution < -0.4 is 15.4 Å². The Bertz CT molecular complexity index is 644. The molecule has 2 atom stereocenters. The van der Waals surface area contributed by atoms with E-state index in [0.29, 0.717) is 30.0 Å². The lowest BCUT2D eigenvalue weighted by molar-refractivity contribution is -0.150. The van der Waals surface area contributed by atoms with Gasteiger partial charge < -0.3 is 25.2 Å². The van der Waals surface area contributed by atoms with Gasteiger partial charge in [0, 0.05) is 11.8 Å². The van der Waals surface area contributed by atoms with E-state index in [9.17, 15) is 14.4 Å². The lowest BCUT2D eigenvalue weighted by atomic mass is 10.2. The number of rotatable bonds is 3. The number of carbonyl (C=O) groups excluding carboxylic acids is 2. The first-order valence-electron chi connectivity index (χ1n) is 6.79. The molecule has 2 heterocycles. The number of ether oxygens (including phenoxy) is 2. The van der Waals surface area contributed by atoms with Gasteiger partial charge in [-0.05, 0) is 25.0 Å². The summed E-state index contributed by atoms with van der Waals surface area (Å²) in [4.78, 5) is 34.0. The van der Waals surface area contributed by atoms with Crippen molar-refractivity contribution in [2.75, 3.05) is 17.2 Å². The molecule has 2 aliphatic heterocycles. The first kappa shape index (κ1) is 14.3. The van der Waals surface area contributed by atoms with Gasteiger partial charge in [0.1, 0.15) is 11.9 Å². The van der Waals surface area contributed by atoms with E-state index in [1.54, 1.807) is 18.2 Å². The summed E-state index contributed by atoms with van der Waals surface area (Å²) in [6.07, 6.45) is -1.04. The average molecular weight is 306 g/mol. The summed E-state index contributed by atoms with van der Waals surface area (Å²) in [5.41, 5.74) is 1.03. The van der Waals surface area contributed by atoms with E-state index >= 15 is 0 Å². The Labute approximate surface area is 125 Å². The second kappa shape index (κ2) is 5.64. The van der Waals surface area contributed by atoms with Gasteiger partial charge in [-0.1, -0.05) is 0 Å². The molecule has 8 nitrogen and oxygen atoms in total. The first-order chi connectivity index (χ1) is 10.5. The van der Waals surface area contributed by atoms with Crippen molar-refractivity contribution >= 4 is 29.2 Å². The standard InChI is InChI=1S/C14H14N2O6/c17-12-6-21-11-5-7(1-2-8(11)16-12)15-13(18)9-3-4-10(22-9)14(19)20/h1-2,5,9-10H,3-4,6H2,(H,15,18)(H,16,17)(H,19,20)/t9-,10+/m0/s1. The van der Waals surface area contributed by atoms with Crippen LogP contribution in [0.2, 0.25) is 0 Å². The Morgan fingerprint density at radius 3 is 2.77 bits per heavy atom. The number of benzene rings is 1. The van der Waals surface area contributed by atoms with Crippen molar-refractivity contribution in [1.82, 2.24) is 0 Å². The molecule has 1 saturated heterocycles. The maximum atomic E-state index is 12.1. The molecule has 116 valence electrons. The predicted octanol–water partition coefficient (Wildman–Crippen LogP) is 0.588. The second-order valence-electron chi connectivity index (χ2n) is 5.07. The fourth-order valence-electron chi connectivity index (χ4n) is 2.39. The second-order valence-corrected chi connectivity index (χ2v) is 5.07. The van der Waals surface area contributed by atoms with Crippen LogP contribution in [0.1, 0.15) is 12.8 Å². The zero-order valence-electron chi connectivity index (χ0n) is 11.5. The van der Waals surface area contributed by atoms with Crippen molar-refractivity contribution in [3.8, 4) is 5.75 Å². The quantitative estimate of drug-likeness (QED) is 0.753. The maximum Gasteiger partial charge on any atom is 0.332 e. The van der Waals surface area contributed by atoms with Crippen LogP contribution in [-0.4, -0.2) is 41.7 Å². The summed E-state index contributed by atoms with van der Waals surface area (Å²) in [7, 11) is 0. The Kier molecular flexibility index (Phi) is 3.68. The molecule has 0 aromatic heterocycles. The van der Waals surface area contributed by atoms with Crippen molar-refractivity contribution in [3.63, 3.8) is 0 Å². The molecule has 3 rings (SSSR count). The molecule has 2 aliphatic rings. The summed E-state index contributed by atoms with van der Waals surface area (Å²) in [5.74, 6) is -1.23. The van der Waals surface area contributed by atoms with Gasteiger partial charge in [-0.15, -0.1) is 0 Å². The first-order valence-corrected chi connectivity index (χ1v) is 6.79. The Hall–Kier alpha value is -2.61. The van der Waals surface area contributed by atoms with E-state index < -0.39 is 24.1 Å². The largest absolute Gasteiger partial charge is 0.482 e. The lowest BCUT2D eigenvalue weighted by Crippen LogP contribution is -2.30. The fourth-order valence-corrected chi connectivity index (χ4v) is 2.39. The smallest absolute Gasteiger partial charge is 0.332 e. The summed E-state index contributed by atoms with van der Waals surface area (Å²) < 4.78 is 10.4. The van der Waals surface area contributed by atoms with Gasteiger partial charge in [-0.3, -0.25) is 9.59 Å². The van der Waals surface area contributed by atoms with Crippen LogP contribution in [0.4, 0.5) is 11.4 Å². The van der Waals surface area contributed by atoms with Crippen molar-refractivity contribution in [3.05, 3.63) is 18.2 Å². The highest BCUT2D eigenvalue weighted by Crippen LogP contribution is 2.31. The number of carboxylic acids is 1. The molecule has 0 radical (unpaired) electrons. The van der Waals surface area contributed by atoms with Gasteiger partial charge in [-0.2, -0.15) is 0 Å². The number of nitrogens with one attached hydrogen (secondary N) is 2. The van der Waals surface area contributed by atoms with E-state index in [1.165, 1.54) is 0 Å². The highest BCUT2D eigenvalue weighted by Gasteiger charge is 2.34. The minimum Gasteiger partial charge on any atom is -0.482 e. The predicted molar refractivity (Wildman–Crippen MR) is 74.7 cm³/mol. The number of fused-ring (bicyclic) bond motifs is 1. The van der Waals surface area contributed by atoms with Crippen molar-refractivity contribution in [2.45, 2.75) is 25.0 Å². The molecule has 0 aliphatic carbocycles. The van der Waals surface area contributed by atoms with Gasteiger partial charge in [0.25, 0.3) is 11.8 Å². The van der Waals surface area contributed by atoms with Crippen molar-refractivity contribution < 1.29 is 29.0 Å². The number of carbonyl (C=O) groups is 3. The average Bonchev–Trinajstić information content (AvgIpc) is 2.97. The molecular weight excluding hydrogens is 292 g/mol. The highest BCUT2D eigenvalue weighted by atomic mass is 16.5. The Morgan fingerprint density at radius 2 is 2.05 bits per heavy atom. The van der Waals surface area contributed by atoms with E-state index in [2.05, 4.69) is 10.6 Å². The third-order valence-electron chi connectivity index (χ3n) is 3.47. The SMILES string of the molecule is O=C1COc2cc(NC(=O)[C@@H]3CC[C@H](C(=O)O)O3)ccc2N1. The molecule has 0 saturated carbocycles. The van der Waals surface area contributed by atoms with Crippen LogP contribution in [0.15, 0.2) is 18.2 Å². The van der Waals surface area contributed by atoms with Crippen LogP contribution in [-0.2, 0) is 19.1 Å². The molecule has 0 unspecified atom stereocenters. The Morgan fingerprint density at radius 1 is 1.27 bits per heavy atom. The molecule has 0 bridgehead atoms. The summed E-state index contributed by atoms with van der Waals surface area (Å²) >= 11 is 0. The van der Waals surface area contributed by atoms with E-state index in [4.69, 9.17) is 14.6 Å². The van der Waals surface area contributed by atoms with Crippen LogP contribution in [0.25, 0.3) is 0 Å². The molecule has 22 heavy (non-hydrogen) atoms. The van der Waals surface area contributed by atoms with E-state index in [-0.39, 0.29) is 12.5 Å². The zero-order chi connectivity index (χ0) is 15.7. The van der Waals surface area contributed by atoms with Crippen molar-refractivity contribution in [1.29, 1.82) is 0 Å². The zero-order valence-corrected chi connectivity index (χ0v) is 11.5. The van der Waals surface area contributed by atoms with Crippen LogP contribution in [0, 0.1) is 0 Å². The normalized spacial score (nSPS) is 23.2. The summed E-state index contributed by atoms with van der Waals surface area (Å²) in [6, 6.07) is 4.84. The summed E-state index contributed by atoms with van der Waals surface area (Å²) in [6.45, 7) is -0.0730. The monoisotopic (exact) mass is 306 g/mol. The third-order valence-corrected chi connectivity index (χ3v) is 3.47. The maximum absolute atomic E-state index is 12.1. The van der Waals surface area contributed by atoms with E-state index in [1.807, 2.05) is 0 Å². The molecule has 1 fully saturated rings. The Balaban J connectivity index is 1.65. The van der Waals surface area contributed by atoms with Gasteiger partial charge in [-0.25, -0.2) is 4.79 Å². The minimum atomic E-state index is -1.06. The fraction of sp³-hybridized carbons (Fsp3) is 0.357. The summed E-state index contributed by atoms with van der Waals surface area (Å²) in [5, 5.41) is 14.2. The third kappa shape index (κ3) is 2.86. The number of anilines is 2. The van der Waals surface area contributed by atoms with Gasteiger partial charge in [0.15, 0.2) is 12.7 Å². The number of amides is 2. The van der Waals surface area contributed by atoms with E-state index in [0.717, 1.165) is 0 Å². The number of hydrogen-bond acceptors (Lipinski definition) is 5. The molecule has 3 N–H and O–H groups in total. The number of hydrogen-bond donors (Lipinski definition) is 3. The lowest BCUT2D eigenvalue weighted by Gasteiger charge is -2.19. The van der Waals surface area contributed by atoms with Gasteiger partial charge in [0.05, 0.1) is 5.69 Å². The minimum absolute atomic E-state index is 0.0730. The molecule has 1 aromatic rings. The van der Waals surface area contributed by atoms with Crippen LogP contribution in [0.3, 0.4) is 0 Å². The topological polar surface area (TPSA) is 114 Å². The van der Waals surface area contributed by atoms with Crippen LogP contribution >= 0.6 is 0 Å². The molecule has 1 aromatic carbocycles. The molecule has 2 amide bonds. The number of aliphatic carboxylic acids is 1. The van der Waals surface area contributed by atoms with Crippen molar-refractivity contribution in [2.24, 2.45) is 0 Å². The highest BCUT2D eigenvalue weighted by molar-refractivity contribution is 5.98. The van der Waals surface area contributed by atoms with Gasteiger partial charge in [0.2, 0.25) is 0 Å². The molecule has 8 heteroatoms. The molecule has 0 spiro atoms. The number of carboxylic acid groups (broad SMARTS) is 1. The van der Waals surface area contributed by atoms with Gasteiger partial charge >= 0.3 is 5.97 Å². The van der Waals surface area contributed by atoms with Crippen LogP contribution in [0.5, 0.6) is 5.75 Å².